The van der Waals surface area contributed by atoms with Crippen LogP contribution in [0.15, 0.2) is 30.3 Å². The van der Waals surface area contributed by atoms with Gasteiger partial charge in [0.15, 0.2) is 0 Å². The fourth-order valence-electron chi connectivity index (χ4n) is 3.63. The third kappa shape index (κ3) is 3.06. The Morgan fingerprint density at radius 2 is 2.08 bits per heavy atom. The highest BCUT2D eigenvalue weighted by molar-refractivity contribution is 7.14. The van der Waals surface area contributed by atoms with Crippen LogP contribution < -0.4 is 5.32 Å². The van der Waals surface area contributed by atoms with Crippen LogP contribution in [0.2, 0.25) is 0 Å². The van der Waals surface area contributed by atoms with Gasteiger partial charge >= 0.3 is 0 Å². The van der Waals surface area contributed by atoms with Crippen LogP contribution in [0.1, 0.15) is 44.6 Å². The van der Waals surface area contributed by atoms with Crippen molar-refractivity contribution >= 4 is 23.2 Å². The number of amides is 2. The first-order chi connectivity index (χ1) is 12.1. The molecule has 1 aliphatic heterocycles. The van der Waals surface area contributed by atoms with Crippen molar-refractivity contribution in [3.63, 3.8) is 0 Å². The third-order valence-electron chi connectivity index (χ3n) is 4.84. The zero-order chi connectivity index (χ0) is 17.4. The van der Waals surface area contributed by atoms with Gasteiger partial charge < -0.3 is 10.2 Å². The number of hydrogen-bond acceptors (Lipinski definition) is 3. The predicted molar refractivity (Wildman–Crippen MR) is 94.1 cm³/mol. The van der Waals surface area contributed by atoms with Gasteiger partial charge in [0, 0.05) is 18.0 Å². The third-order valence-corrected chi connectivity index (χ3v) is 6.07. The van der Waals surface area contributed by atoms with Crippen LogP contribution in [-0.4, -0.2) is 29.8 Å². The average Bonchev–Trinajstić information content (AvgIpc) is 3.05. The number of fused-ring (bicyclic) bond motifs is 1. The molecule has 25 heavy (non-hydrogen) atoms. The Bertz CT molecular complexity index is 809. The van der Waals surface area contributed by atoms with Crippen molar-refractivity contribution < 1.29 is 14.0 Å². The number of piperazine rings is 1. The summed E-state index contributed by atoms with van der Waals surface area (Å²) < 4.78 is 13.6. The van der Waals surface area contributed by atoms with Gasteiger partial charge in [0.25, 0.3) is 5.91 Å². The molecule has 2 aromatic rings. The number of thiophene rings is 1. The van der Waals surface area contributed by atoms with E-state index in [9.17, 15) is 14.0 Å². The number of rotatable bonds is 2. The molecule has 2 heterocycles. The van der Waals surface area contributed by atoms with Crippen LogP contribution in [0.25, 0.3) is 0 Å². The summed E-state index contributed by atoms with van der Waals surface area (Å²) >= 11 is 1.54. The molecule has 0 radical (unpaired) electrons. The van der Waals surface area contributed by atoms with Crippen LogP contribution in [0.5, 0.6) is 0 Å². The fourth-order valence-corrected chi connectivity index (χ4v) is 4.84. The molecule has 130 valence electrons. The second kappa shape index (κ2) is 6.59. The van der Waals surface area contributed by atoms with Crippen LogP contribution >= 0.6 is 11.3 Å². The molecular formula is C19H19FN2O2S. The Morgan fingerprint density at radius 3 is 2.88 bits per heavy atom. The summed E-state index contributed by atoms with van der Waals surface area (Å²) in [6, 6.07) is 7.13. The first kappa shape index (κ1) is 16.3. The van der Waals surface area contributed by atoms with E-state index in [4.69, 9.17) is 0 Å². The van der Waals surface area contributed by atoms with Gasteiger partial charge in [-0.05, 0) is 55.0 Å². The number of hydrogen-bond donors (Lipinski definition) is 1. The van der Waals surface area contributed by atoms with Crippen molar-refractivity contribution in [3.8, 4) is 0 Å². The molecule has 0 spiro atoms. The molecule has 1 unspecified atom stereocenters. The minimum Gasteiger partial charge on any atom is -0.352 e. The van der Waals surface area contributed by atoms with Crippen molar-refractivity contribution in [1.82, 2.24) is 10.2 Å². The summed E-state index contributed by atoms with van der Waals surface area (Å²) in [5.41, 5.74) is 1.77. The summed E-state index contributed by atoms with van der Waals surface area (Å²) in [6.45, 7) is 0.843. The number of nitrogens with zero attached hydrogens (tertiary/aromatic N) is 1. The maximum Gasteiger partial charge on any atom is 0.264 e. The van der Waals surface area contributed by atoms with Gasteiger partial charge in [-0.2, -0.15) is 0 Å². The molecule has 2 amide bonds. The van der Waals surface area contributed by atoms with E-state index in [1.807, 2.05) is 6.07 Å². The van der Waals surface area contributed by atoms with Crippen molar-refractivity contribution in [2.75, 3.05) is 13.1 Å². The van der Waals surface area contributed by atoms with Crippen molar-refractivity contribution in [1.29, 1.82) is 0 Å². The number of halogens is 1. The SMILES string of the molecule is O=C1NCCN(C(=O)c2cc3c(s2)CCCC3)C1c1cccc(F)c1. The quantitative estimate of drug-likeness (QED) is 0.897. The minimum absolute atomic E-state index is 0.136. The highest BCUT2D eigenvalue weighted by Crippen LogP contribution is 2.32. The normalized spacial score (nSPS) is 20.1. The van der Waals surface area contributed by atoms with Crippen molar-refractivity contribution in [2.24, 2.45) is 0 Å². The van der Waals surface area contributed by atoms with Gasteiger partial charge in [-0.15, -0.1) is 11.3 Å². The lowest BCUT2D eigenvalue weighted by atomic mass is 9.99. The maximum absolute atomic E-state index is 13.6. The first-order valence-electron chi connectivity index (χ1n) is 8.59. The molecule has 4 rings (SSSR count). The van der Waals surface area contributed by atoms with Gasteiger partial charge in [0.1, 0.15) is 11.9 Å². The molecule has 1 aromatic carbocycles. The topological polar surface area (TPSA) is 49.4 Å². The van der Waals surface area contributed by atoms with Gasteiger partial charge in [0.2, 0.25) is 5.91 Å². The Balaban J connectivity index is 1.67. The van der Waals surface area contributed by atoms with Gasteiger partial charge in [-0.3, -0.25) is 9.59 Å². The number of carbonyl (C=O) groups excluding carboxylic acids is 2. The second-order valence-electron chi connectivity index (χ2n) is 6.51. The molecule has 2 aliphatic rings. The van der Waals surface area contributed by atoms with Gasteiger partial charge in [-0.25, -0.2) is 4.39 Å². The van der Waals surface area contributed by atoms with E-state index < -0.39 is 11.9 Å². The first-order valence-corrected chi connectivity index (χ1v) is 9.41. The molecule has 1 aromatic heterocycles. The molecule has 1 atom stereocenters. The summed E-state index contributed by atoms with van der Waals surface area (Å²) in [5, 5.41) is 2.78. The van der Waals surface area contributed by atoms with Crippen LogP contribution in [0.3, 0.4) is 0 Å². The van der Waals surface area contributed by atoms with Crippen molar-refractivity contribution in [2.45, 2.75) is 31.7 Å². The molecule has 4 nitrogen and oxygen atoms in total. The Morgan fingerprint density at radius 1 is 1.24 bits per heavy atom. The molecule has 1 N–H and O–H groups in total. The number of aryl methyl sites for hydroxylation is 2. The lowest BCUT2D eigenvalue weighted by Gasteiger charge is -2.35. The standard InChI is InChI=1S/C19H19FN2O2S/c20-14-6-3-5-13(10-14)17-18(23)21-8-9-22(17)19(24)16-11-12-4-1-2-7-15(12)25-16/h3,5-6,10-11,17H,1-2,4,7-9H2,(H,21,23). The highest BCUT2D eigenvalue weighted by Gasteiger charge is 2.35. The average molecular weight is 358 g/mol. The molecule has 1 saturated heterocycles. The zero-order valence-electron chi connectivity index (χ0n) is 13.8. The fraction of sp³-hybridized carbons (Fsp3) is 0.368. The van der Waals surface area contributed by atoms with E-state index in [0.29, 0.717) is 23.5 Å². The van der Waals surface area contributed by atoms with E-state index in [1.54, 1.807) is 28.4 Å². The summed E-state index contributed by atoms with van der Waals surface area (Å²) in [4.78, 5) is 29.1. The minimum atomic E-state index is -0.781. The lowest BCUT2D eigenvalue weighted by molar-refractivity contribution is -0.128. The van der Waals surface area contributed by atoms with Crippen LogP contribution in [-0.2, 0) is 17.6 Å². The van der Waals surface area contributed by atoms with Crippen molar-refractivity contribution in [3.05, 3.63) is 57.0 Å². The predicted octanol–water partition coefficient (Wildman–Crippen LogP) is 3.08. The molecule has 1 fully saturated rings. The van der Waals surface area contributed by atoms with Crippen LogP contribution in [0, 0.1) is 5.82 Å². The summed E-state index contributed by atoms with van der Waals surface area (Å²) in [5.74, 6) is -0.801. The highest BCUT2D eigenvalue weighted by atomic mass is 32.1. The molecular weight excluding hydrogens is 339 g/mol. The Hall–Kier alpha value is -2.21. The van der Waals surface area contributed by atoms with E-state index in [0.717, 1.165) is 19.3 Å². The van der Waals surface area contributed by atoms with Gasteiger partial charge in [-0.1, -0.05) is 12.1 Å². The molecule has 0 saturated carbocycles. The molecule has 1 aliphatic carbocycles. The zero-order valence-corrected chi connectivity index (χ0v) is 14.6. The summed E-state index contributed by atoms with van der Waals surface area (Å²) in [7, 11) is 0. The maximum atomic E-state index is 13.6. The van der Waals surface area contributed by atoms with Gasteiger partial charge in [0.05, 0.1) is 4.88 Å². The number of benzene rings is 1. The monoisotopic (exact) mass is 358 g/mol. The largest absolute Gasteiger partial charge is 0.352 e. The van der Waals surface area contributed by atoms with E-state index in [-0.39, 0.29) is 11.8 Å². The number of nitrogens with one attached hydrogen (secondary N) is 1. The van der Waals surface area contributed by atoms with E-state index >= 15 is 0 Å². The lowest BCUT2D eigenvalue weighted by Crippen LogP contribution is -2.52. The molecule has 0 bridgehead atoms. The Kier molecular flexibility index (Phi) is 4.29. The van der Waals surface area contributed by atoms with Crippen LogP contribution in [0.4, 0.5) is 4.39 Å². The molecule has 6 heteroatoms. The summed E-state index contributed by atoms with van der Waals surface area (Å²) in [6.07, 6.45) is 4.38. The Labute approximate surface area is 149 Å². The second-order valence-corrected chi connectivity index (χ2v) is 7.65. The smallest absolute Gasteiger partial charge is 0.264 e. The van der Waals surface area contributed by atoms with E-state index in [2.05, 4.69) is 5.32 Å². The van der Waals surface area contributed by atoms with E-state index in [1.165, 1.54) is 29.0 Å². The number of carbonyl (C=O) groups is 2.